The highest BCUT2D eigenvalue weighted by Gasteiger charge is 2.26. The van der Waals surface area contributed by atoms with E-state index in [4.69, 9.17) is 9.47 Å². The Morgan fingerprint density at radius 3 is 2.38 bits per heavy atom. The molecule has 2 aromatic carbocycles. The molecule has 0 saturated heterocycles. The second-order valence-corrected chi connectivity index (χ2v) is 8.13. The maximum atomic E-state index is 13.1. The molecule has 32 heavy (non-hydrogen) atoms. The summed E-state index contributed by atoms with van der Waals surface area (Å²) >= 11 is 0. The Morgan fingerprint density at radius 1 is 1.06 bits per heavy atom. The molecule has 2 rings (SSSR count). The molecule has 6 nitrogen and oxygen atoms in total. The average Bonchev–Trinajstić information content (AvgIpc) is 2.80. The van der Waals surface area contributed by atoms with Crippen LogP contribution in [0.25, 0.3) is 0 Å². The molecule has 1 N–H and O–H groups in total. The Kier molecular flexibility index (Phi) is 10.1. The van der Waals surface area contributed by atoms with E-state index in [0.29, 0.717) is 26.0 Å². The van der Waals surface area contributed by atoms with E-state index in [1.807, 2.05) is 69.3 Å². The molecule has 174 valence electrons. The van der Waals surface area contributed by atoms with E-state index < -0.39 is 6.04 Å². The number of benzene rings is 2. The summed E-state index contributed by atoms with van der Waals surface area (Å²) in [7, 11) is 1.62. The van der Waals surface area contributed by atoms with E-state index in [0.717, 1.165) is 29.0 Å². The fraction of sp³-hybridized carbons (Fsp3) is 0.462. The summed E-state index contributed by atoms with van der Waals surface area (Å²) in [6.07, 6.45) is 1.71. The van der Waals surface area contributed by atoms with Crippen molar-refractivity contribution in [3.63, 3.8) is 0 Å². The van der Waals surface area contributed by atoms with E-state index in [1.165, 1.54) is 0 Å². The molecule has 0 spiro atoms. The summed E-state index contributed by atoms with van der Waals surface area (Å²) in [4.78, 5) is 27.5. The predicted octanol–water partition coefficient (Wildman–Crippen LogP) is 4.49. The molecule has 2 unspecified atom stereocenters. The minimum absolute atomic E-state index is 0.0587. The Morgan fingerprint density at radius 2 is 1.75 bits per heavy atom. The van der Waals surface area contributed by atoms with Crippen LogP contribution in [0, 0.1) is 6.92 Å². The number of carbonyl (C=O) groups excluding carboxylic acids is 2. The molecular formula is C26H36N2O4. The van der Waals surface area contributed by atoms with Crippen LogP contribution < -0.4 is 14.8 Å². The number of nitrogens with one attached hydrogen (secondary N) is 1. The molecule has 0 aromatic heterocycles. The Bertz CT molecular complexity index is 866. The molecule has 0 radical (unpaired) electrons. The van der Waals surface area contributed by atoms with Gasteiger partial charge in [0.2, 0.25) is 11.8 Å². The van der Waals surface area contributed by atoms with Gasteiger partial charge >= 0.3 is 0 Å². The molecular weight excluding hydrogens is 404 g/mol. The van der Waals surface area contributed by atoms with Gasteiger partial charge in [-0.1, -0.05) is 36.8 Å². The zero-order valence-electron chi connectivity index (χ0n) is 19.9. The van der Waals surface area contributed by atoms with E-state index in [1.54, 1.807) is 18.9 Å². The van der Waals surface area contributed by atoms with Gasteiger partial charge in [-0.25, -0.2) is 0 Å². The number of methoxy groups -OCH3 is 1. The van der Waals surface area contributed by atoms with Crippen molar-refractivity contribution in [2.45, 2.75) is 65.6 Å². The third-order valence-corrected chi connectivity index (χ3v) is 5.47. The van der Waals surface area contributed by atoms with Crippen molar-refractivity contribution >= 4 is 11.8 Å². The summed E-state index contributed by atoms with van der Waals surface area (Å²) in [6.45, 7) is 8.62. The first-order valence-electron chi connectivity index (χ1n) is 11.3. The van der Waals surface area contributed by atoms with Crippen LogP contribution >= 0.6 is 0 Å². The van der Waals surface area contributed by atoms with Crippen molar-refractivity contribution in [2.75, 3.05) is 13.7 Å². The van der Waals surface area contributed by atoms with Crippen molar-refractivity contribution in [3.8, 4) is 11.5 Å². The summed E-state index contributed by atoms with van der Waals surface area (Å²) in [5.74, 6) is 1.31. The maximum Gasteiger partial charge on any atom is 0.242 e. The van der Waals surface area contributed by atoms with Gasteiger partial charge in [0, 0.05) is 19.0 Å². The number of rotatable bonds is 12. The van der Waals surface area contributed by atoms with Gasteiger partial charge in [-0.15, -0.1) is 0 Å². The predicted molar refractivity (Wildman–Crippen MR) is 127 cm³/mol. The lowest BCUT2D eigenvalue weighted by Crippen LogP contribution is -2.49. The number of nitrogens with zero attached hydrogens (tertiary/aromatic N) is 1. The van der Waals surface area contributed by atoms with Crippen LogP contribution in [0.3, 0.4) is 0 Å². The molecule has 2 amide bonds. The highest BCUT2D eigenvalue weighted by molar-refractivity contribution is 5.87. The van der Waals surface area contributed by atoms with Crippen molar-refractivity contribution in [3.05, 3.63) is 59.7 Å². The van der Waals surface area contributed by atoms with Crippen molar-refractivity contribution in [1.82, 2.24) is 10.2 Å². The number of ether oxygens (including phenoxy) is 2. The van der Waals surface area contributed by atoms with Crippen LogP contribution in [0.4, 0.5) is 0 Å². The van der Waals surface area contributed by atoms with Crippen molar-refractivity contribution < 1.29 is 19.1 Å². The molecule has 2 atom stereocenters. The SMILES string of the molecule is CCC(C)NC(=O)C(C)N(Cc1cccc(C)c1)C(=O)CCCOc1ccc(OC)cc1. The van der Waals surface area contributed by atoms with Gasteiger partial charge in [-0.05, 0) is 63.4 Å². The quantitative estimate of drug-likeness (QED) is 0.494. The molecule has 6 heteroatoms. The summed E-state index contributed by atoms with van der Waals surface area (Å²) in [6, 6.07) is 14.9. The Balaban J connectivity index is 1.99. The van der Waals surface area contributed by atoms with Gasteiger partial charge in [-0.2, -0.15) is 0 Å². The average molecular weight is 441 g/mol. The molecule has 0 heterocycles. The molecule has 0 fully saturated rings. The minimum atomic E-state index is -0.556. The van der Waals surface area contributed by atoms with Gasteiger partial charge in [0.05, 0.1) is 13.7 Å². The van der Waals surface area contributed by atoms with Crippen LogP contribution in [-0.2, 0) is 16.1 Å². The molecule has 0 aliphatic carbocycles. The normalized spacial score (nSPS) is 12.5. The van der Waals surface area contributed by atoms with Crippen molar-refractivity contribution in [2.24, 2.45) is 0 Å². The first kappa shape index (κ1) is 25.2. The molecule has 0 saturated carbocycles. The number of amides is 2. The second kappa shape index (κ2) is 12.7. The third kappa shape index (κ3) is 7.91. The Hall–Kier alpha value is -3.02. The lowest BCUT2D eigenvalue weighted by molar-refractivity contribution is -0.141. The third-order valence-electron chi connectivity index (χ3n) is 5.47. The lowest BCUT2D eigenvalue weighted by Gasteiger charge is -2.30. The van der Waals surface area contributed by atoms with Crippen LogP contribution in [0.15, 0.2) is 48.5 Å². The zero-order valence-corrected chi connectivity index (χ0v) is 19.9. The molecule has 0 aliphatic rings. The fourth-order valence-electron chi connectivity index (χ4n) is 3.28. The topological polar surface area (TPSA) is 67.9 Å². The van der Waals surface area contributed by atoms with Gasteiger partial charge in [0.1, 0.15) is 17.5 Å². The minimum Gasteiger partial charge on any atom is -0.497 e. The van der Waals surface area contributed by atoms with Gasteiger partial charge in [0.25, 0.3) is 0 Å². The summed E-state index contributed by atoms with van der Waals surface area (Å²) in [5.41, 5.74) is 2.13. The van der Waals surface area contributed by atoms with Crippen LogP contribution in [0.2, 0.25) is 0 Å². The standard InChI is InChI=1S/C26H36N2O4/c1-6-20(3)27-26(30)21(4)28(18-22-10-7-9-19(2)17-22)25(29)11-8-16-32-24-14-12-23(31-5)13-15-24/h7,9-10,12-15,17,20-21H,6,8,11,16,18H2,1-5H3,(H,27,30). The van der Waals surface area contributed by atoms with Gasteiger partial charge in [0.15, 0.2) is 0 Å². The van der Waals surface area contributed by atoms with E-state index in [-0.39, 0.29) is 17.9 Å². The van der Waals surface area contributed by atoms with Crippen LogP contribution in [0.5, 0.6) is 11.5 Å². The largest absolute Gasteiger partial charge is 0.497 e. The fourth-order valence-corrected chi connectivity index (χ4v) is 3.28. The van der Waals surface area contributed by atoms with Crippen LogP contribution in [-0.4, -0.2) is 42.5 Å². The molecule has 0 aliphatic heterocycles. The number of carbonyl (C=O) groups is 2. The number of aryl methyl sites for hydroxylation is 1. The first-order chi connectivity index (χ1) is 15.3. The van der Waals surface area contributed by atoms with Crippen LogP contribution in [0.1, 0.15) is 51.2 Å². The van der Waals surface area contributed by atoms with Gasteiger partial charge < -0.3 is 19.7 Å². The maximum absolute atomic E-state index is 13.1. The number of hydrogen-bond acceptors (Lipinski definition) is 4. The highest BCUT2D eigenvalue weighted by atomic mass is 16.5. The van der Waals surface area contributed by atoms with E-state index in [9.17, 15) is 9.59 Å². The highest BCUT2D eigenvalue weighted by Crippen LogP contribution is 2.18. The molecule has 0 bridgehead atoms. The van der Waals surface area contributed by atoms with E-state index in [2.05, 4.69) is 5.32 Å². The Labute approximate surface area is 191 Å². The zero-order chi connectivity index (χ0) is 23.5. The monoisotopic (exact) mass is 440 g/mol. The first-order valence-corrected chi connectivity index (χ1v) is 11.3. The molecule has 2 aromatic rings. The second-order valence-electron chi connectivity index (χ2n) is 8.13. The smallest absolute Gasteiger partial charge is 0.242 e. The van der Waals surface area contributed by atoms with Crippen molar-refractivity contribution in [1.29, 1.82) is 0 Å². The van der Waals surface area contributed by atoms with E-state index >= 15 is 0 Å². The summed E-state index contributed by atoms with van der Waals surface area (Å²) in [5, 5.41) is 2.99. The number of hydrogen-bond donors (Lipinski definition) is 1. The lowest BCUT2D eigenvalue weighted by atomic mass is 10.1. The summed E-state index contributed by atoms with van der Waals surface area (Å²) < 4.78 is 10.9. The van der Waals surface area contributed by atoms with Gasteiger partial charge in [-0.3, -0.25) is 9.59 Å².